The van der Waals surface area contributed by atoms with Crippen molar-refractivity contribution in [2.75, 3.05) is 20.3 Å². The van der Waals surface area contributed by atoms with Gasteiger partial charge in [0, 0.05) is 31.9 Å². The van der Waals surface area contributed by atoms with Crippen molar-refractivity contribution in [3.8, 4) is 11.5 Å². The lowest BCUT2D eigenvalue weighted by molar-refractivity contribution is 0.0658. The number of fused-ring (bicyclic) bond motifs is 1. The second kappa shape index (κ2) is 6.96. The molecule has 0 unspecified atom stereocenters. The van der Waals surface area contributed by atoms with Crippen molar-refractivity contribution >= 4 is 10.0 Å². The number of halogens is 2. The molecule has 0 amide bonds. The van der Waals surface area contributed by atoms with Crippen LogP contribution in [0, 0.1) is 0 Å². The molecule has 10 heteroatoms. The smallest absolute Gasteiger partial charge is 0.319 e. The molecule has 0 spiro atoms. The van der Waals surface area contributed by atoms with Crippen LogP contribution < -0.4 is 9.47 Å². The number of aromatic nitrogens is 2. The average molecular weight is 373 g/mol. The summed E-state index contributed by atoms with van der Waals surface area (Å²) in [5, 5.41) is 0. The van der Waals surface area contributed by atoms with E-state index in [0.717, 1.165) is 10.5 Å². The minimum atomic E-state index is -3.90. The highest BCUT2D eigenvalue weighted by molar-refractivity contribution is 7.89. The molecule has 0 saturated carbocycles. The van der Waals surface area contributed by atoms with Gasteiger partial charge in [-0.05, 0) is 12.1 Å². The van der Waals surface area contributed by atoms with Crippen molar-refractivity contribution in [3.05, 3.63) is 36.4 Å². The summed E-state index contributed by atoms with van der Waals surface area (Å²) in [5.41, 5.74) is 0. The number of hydrogen-bond donors (Lipinski definition) is 0. The van der Waals surface area contributed by atoms with Gasteiger partial charge in [0.25, 0.3) is 0 Å². The molecule has 2 heterocycles. The van der Waals surface area contributed by atoms with Crippen LogP contribution in [0.4, 0.5) is 8.78 Å². The van der Waals surface area contributed by atoms with Crippen LogP contribution in [0.2, 0.25) is 0 Å². The van der Waals surface area contributed by atoms with Crippen LogP contribution in [0.3, 0.4) is 0 Å². The molecular weight excluding hydrogens is 356 g/mol. The van der Waals surface area contributed by atoms with Gasteiger partial charge in [-0.2, -0.15) is 13.1 Å². The average Bonchev–Trinajstić information content (AvgIpc) is 2.90. The number of imidazole rings is 1. The van der Waals surface area contributed by atoms with Crippen molar-refractivity contribution in [2.24, 2.45) is 0 Å². The minimum Gasteiger partial charge on any atom is -0.490 e. The van der Waals surface area contributed by atoms with Crippen LogP contribution in [0.5, 0.6) is 11.5 Å². The second-order valence-corrected chi connectivity index (χ2v) is 7.49. The summed E-state index contributed by atoms with van der Waals surface area (Å²) in [7, 11) is -2.59. The SMILES string of the molecule is CN(Cc1nccn1C(F)F)S(=O)(=O)c1ccc2c(c1)OCCCO2. The van der Waals surface area contributed by atoms with E-state index in [1.807, 2.05) is 0 Å². The molecule has 25 heavy (non-hydrogen) atoms. The Morgan fingerprint density at radius 2 is 2.00 bits per heavy atom. The fourth-order valence-corrected chi connectivity index (χ4v) is 3.55. The fraction of sp³-hybridized carbons (Fsp3) is 0.400. The van der Waals surface area contributed by atoms with Crippen molar-refractivity contribution in [1.82, 2.24) is 13.9 Å². The molecule has 1 aliphatic rings. The number of rotatable bonds is 5. The Morgan fingerprint density at radius 3 is 2.72 bits per heavy atom. The third kappa shape index (κ3) is 3.59. The standard InChI is InChI=1S/C15H17F2N3O4S/c1-19(10-14-18-5-6-20(14)15(16)17)25(21,22)11-3-4-12-13(9-11)24-8-2-7-23-12/h3-6,9,15H,2,7-8,10H2,1H3. The van der Waals surface area contributed by atoms with Crippen molar-refractivity contribution in [3.63, 3.8) is 0 Å². The van der Waals surface area contributed by atoms with Gasteiger partial charge in [-0.25, -0.2) is 13.4 Å². The van der Waals surface area contributed by atoms with Gasteiger partial charge >= 0.3 is 6.55 Å². The molecule has 0 aliphatic carbocycles. The van der Waals surface area contributed by atoms with E-state index in [4.69, 9.17) is 9.47 Å². The molecule has 1 aromatic heterocycles. The topological polar surface area (TPSA) is 73.7 Å². The number of hydrogen-bond acceptors (Lipinski definition) is 5. The van der Waals surface area contributed by atoms with Crippen molar-refractivity contribution in [1.29, 1.82) is 0 Å². The molecule has 0 bridgehead atoms. The zero-order chi connectivity index (χ0) is 18.0. The van der Waals surface area contributed by atoms with Gasteiger partial charge in [-0.3, -0.25) is 4.57 Å². The molecule has 0 N–H and O–H groups in total. The Hall–Kier alpha value is -2.20. The zero-order valence-electron chi connectivity index (χ0n) is 13.4. The highest BCUT2D eigenvalue weighted by Crippen LogP contribution is 2.32. The molecule has 7 nitrogen and oxygen atoms in total. The molecule has 3 rings (SSSR count). The van der Waals surface area contributed by atoms with Crippen LogP contribution in [0.15, 0.2) is 35.5 Å². The van der Waals surface area contributed by atoms with Crippen LogP contribution in [-0.4, -0.2) is 42.5 Å². The molecule has 0 atom stereocenters. The maximum absolute atomic E-state index is 12.9. The normalized spacial score (nSPS) is 14.8. The number of benzene rings is 1. The summed E-state index contributed by atoms with van der Waals surface area (Å²) in [5.74, 6) is 0.781. The quantitative estimate of drug-likeness (QED) is 0.804. The Labute approximate surface area is 143 Å². The van der Waals surface area contributed by atoms with Gasteiger partial charge in [0.15, 0.2) is 11.5 Å². The van der Waals surface area contributed by atoms with Crippen molar-refractivity contribution < 1.29 is 26.7 Å². The molecule has 0 radical (unpaired) electrons. The van der Waals surface area contributed by atoms with Crippen LogP contribution in [-0.2, 0) is 16.6 Å². The van der Waals surface area contributed by atoms with E-state index in [2.05, 4.69) is 4.98 Å². The Morgan fingerprint density at radius 1 is 1.28 bits per heavy atom. The van der Waals surface area contributed by atoms with Gasteiger partial charge in [0.1, 0.15) is 5.82 Å². The van der Waals surface area contributed by atoms with Crippen LogP contribution >= 0.6 is 0 Å². The fourth-order valence-electron chi connectivity index (χ4n) is 2.41. The van der Waals surface area contributed by atoms with Gasteiger partial charge in [0.2, 0.25) is 10.0 Å². The molecule has 0 fully saturated rings. The van der Waals surface area contributed by atoms with Crippen molar-refractivity contribution in [2.45, 2.75) is 24.4 Å². The van der Waals surface area contributed by atoms with Gasteiger partial charge in [0.05, 0.1) is 24.7 Å². The Kier molecular flexibility index (Phi) is 4.91. The van der Waals surface area contributed by atoms with E-state index >= 15 is 0 Å². The number of ether oxygens (including phenoxy) is 2. The summed E-state index contributed by atoms with van der Waals surface area (Å²) >= 11 is 0. The van der Waals surface area contributed by atoms with E-state index in [1.165, 1.54) is 31.4 Å². The molecule has 1 aliphatic heterocycles. The largest absolute Gasteiger partial charge is 0.490 e. The molecule has 0 saturated heterocycles. The first-order valence-electron chi connectivity index (χ1n) is 7.55. The summed E-state index contributed by atoms with van der Waals surface area (Å²) in [6.45, 7) is -2.15. The van der Waals surface area contributed by atoms with E-state index in [1.54, 1.807) is 0 Å². The first-order chi connectivity index (χ1) is 11.9. The first-order valence-corrected chi connectivity index (χ1v) is 8.99. The number of nitrogens with zero attached hydrogens (tertiary/aromatic N) is 3. The lowest BCUT2D eigenvalue weighted by Gasteiger charge is -2.18. The van der Waals surface area contributed by atoms with Gasteiger partial charge < -0.3 is 9.47 Å². The monoisotopic (exact) mass is 373 g/mol. The molecular formula is C15H17F2N3O4S. The van der Waals surface area contributed by atoms with Gasteiger partial charge in [-0.15, -0.1) is 0 Å². The molecule has 2 aromatic rings. The van der Waals surface area contributed by atoms with Crippen LogP contribution in [0.1, 0.15) is 18.8 Å². The highest BCUT2D eigenvalue weighted by Gasteiger charge is 2.25. The second-order valence-electron chi connectivity index (χ2n) is 5.45. The van der Waals surface area contributed by atoms with E-state index in [-0.39, 0.29) is 17.3 Å². The Balaban J connectivity index is 1.85. The third-order valence-electron chi connectivity index (χ3n) is 3.75. The third-order valence-corrected chi connectivity index (χ3v) is 5.55. The summed E-state index contributed by atoms with van der Waals surface area (Å²) < 4.78 is 63.8. The number of alkyl halides is 2. The molecule has 136 valence electrons. The van der Waals surface area contributed by atoms with E-state index in [9.17, 15) is 17.2 Å². The summed E-state index contributed by atoms with van der Waals surface area (Å²) in [6, 6.07) is 4.31. The predicted octanol–water partition coefficient (Wildman–Crippen LogP) is 2.26. The maximum Gasteiger partial charge on any atom is 0.319 e. The van der Waals surface area contributed by atoms with E-state index in [0.29, 0.717) is 35.7 Å². The van der Waals surface area contributed by atoms with Gasteiger partial charge in [-0.1, -0.05) is 0 Å². The lowest BCUT2D eigenvalue weighted by Crippen LogP contribution is -2.28. The van der Waals surface area contributed by atoms with Crippen LogP contribution in [0.25, 0.3) is 0 Å². The summed E-state index contributed by atoms with van der Waals surface area (Å²) in [4.78, 5) is 3.79. The summed E-state index contributed by atoms with van der Waals surface area (Å²) in [6.07, 6.45) is 3.01. The first kappa shape index (κ1) is 17.6. The Bertz CT molecular complexity index is 854. The zero-order valence-corrected chi connectivity index (χ0v) is 14.2. The highest BCUT2D eigenvalue weighted by atomic mass is 32.2. The number of sulfonamides is 1. The molecule has 1 aromatic carbocycles. The van der Waals surface area contributed by atoms with E-state index < -0.39 is 16.6 Å². The predicted molar refractivity (Wildman–Crippen MR) is 84.2 cm³/mol. The minimum absolute atomic E-state index is 0.00518. The lowest BCUT2D eigenvalue weighted by atomic mass is 10.3. The maximum atomic E-state index is 12.9.